The Kier molecular flexibility index (Phi) is 5.42. The largest absolute Gasteiger partial charge is 0.493 e. The standard InChI is InChI=1S/C21H20N6O3/c1-28-16-11-14(12-17(29-2)20(16)30-3)13-22-23-18-9-10-19-24-25-21(27(19)26-18)15-7-5-4-6-8-15/h4-13H,1-3H3,(H,23,26)/b22-13+. The van der Waals surface area contributed by atoms with Gasteiger partial charge in [-0.2, -0.15) is 9.62 Å². The van der Waals surface area contributed by atoms with E-state index in [9.17, 15) is 0 Å². The second-order valence-electron chi connectivity index (χ2n) is 6.21. The molecule has 0 unspecified atom stereocenters. The van der Waals surface area contributed by atoms with Crippen LogP contribution in [0.15, 0.2) is 59.7 Å². The van der Waals surface area contributed by atoms with Gasteiger partial charge in [0.2, 0.25) is 5.75 Å². The average Bonchev–Trinajstić information content (AvgIpc) is 3.22. The van der Waals surface area contributed by atoms with Crippen LogP contribution in [0.4, 0.5) is 5.82 Å². The number of benzene rings is 2. The molecule has 0 radical (unpaired) electrons. The highest BCUT2D eigenvalue weighted by atomic mass is 16.5. The zero-order chi connectivity index (χ0) is 20.9. The molecule has 0 aliphatic rings. The van der Waals surface area contributed by atoms with Crippen LogP contribution in [0.2, 0.25) is 0 Å². The van der Waals surface area contributed by atoms with Gasteiger partial charge in [-0.3, -0.25) is 5.43 Å². The Hall–Kier alpha value is -4.14. The number of hydrazone groups is 1. The van der Waals surface area contributed by atoms with Gasteiger partial charge in [0, 0.05) is 11.1 Å². The molecule has 152 valence electrons. The predicted octanol–water partition coefficient (Wildman–Crippen LogP) is 3.26. The number of nitrogens with zero attached hydrogens (tertiary/aromatic N) is 5. The first-order valence-electron chi connectivity index (χ1n) is 9.10. The van der Waals surface area contributed by atoms with Crippen LogP contribution in [0.5, 0.6) is 17.2 Å². The van der Waals surface area contributed by atoms with Crippen LogP contribution in [0.1, 0.15) is 5.56 Å². The van der Waals surface area contributed by atoms with Gasteiger partial charge >= 0.3 is 0 Å². The SMILES string of the molecule is COc1cc(/C=N/Nc2ccc3nnc(-c4ccccc4)n3n2)cc(OC)c1OC. The third-order valence-electron chi connectivity index (χ3n) is 4.37. The van der Waals surface area contributed by atoms with E-state index in [0.717, 1.165) is 11.1 Å². The summed E-state index contributed by atoms with van der Waals surface area (Å²) < 4.78 is 17.7. The summed E-state index contributed by atoms with van der Waals surface area (Å²) >= 11 is 0. The van der Waals surface area contributed by atoms with Crippen molar-refractivity contribution in [2.45, 2.75) is 0 Å². The molecule has 2 aromatic carbocycles. The third-order valence-corrected chi connectivity index (χ3v) is 4.37. The number of ether oxygens (including phenoxy) is 3. The summed E-state index contributed by atoms with van der Waals surface area (Å²) in [5, 5.41) is 17.2. The number of hydrogen-bond donors (Lipinski definition) is 1. The maximum atomic E-state index is 5.36. The lowest BCUT2D eigenvalue weighted by Crippen LogP contribution is -2.01. The smallest absolute Gasteiger partial charge is 0.203 e. The Bertz CT molecular complexity index is 1170. The highest BCUT2D eigenvalue weighted by Crippen LogP contribution is 2.37. The molecule has 4 aromatic rings. The van der Waals surface area contributed by atoms with Gasteiger partial charge in [0.1, 0.15) is 0 Å². The normalized spacial score (nSPS) is 11.0. The van der Waals surface area contributed by atoms with E-state index in [1.807, 2.05) is 36.4 Å². The fraction of sp³-hybridized carbons (Fsp3) is 0.143. The molecule has 30 heavy (non-hydrogen) atoms. The summed E-state index contributed by atoms with van der Waals surface area (Å²) in [7, 11) is 4.70. The van der Waals surface area contributed by atoms with Crippen LogP contribution in [-0.4, -0.2) is 47.4 Å². The van der Waals surface area contributed by atoms with E-state index in [4.69, 9.17) is 14.2 Å². The third kappa shape index (κ3) is 3.72. The molecule has 0 aliphatic carbocycles. The highest BCUT2D eigenvalue weighted by Gasteiger charge is 2.12. The van der Waals surface area contributed by atoms with Crippen LogP contribution >= 0.6 is 0 Å². The second kappa shape index (κ2) is 8.48. The summed E-state index contributed by atoms with van der Waals surface area (Å²) in [6.07, 6.45) is 1.64. The molecule has 9 nitrogen and oxygen atoms in total. The van der Waals surface area contributed by atoms with Crippen LogP contribution in [0.3, 0.4) is 0 Å². The minimum atomic E-state index is 0.526. The molecule has 0 saturated carbocycles. The Morgan fingerprint density at radius 2 is 1.63 bits per heavy atom. The van der Waals surface area contributed by atoms with E-state index in [-0.39, 0.29) is 0 Å². The van der Waals surface area contributed by atoms with Crippen molar-refractivity contribution in [1.29, 1.82) is 0 Å². The zero-order valence-electron chi connectivity index (χ0n) is 16.7. The topological polar surface area (TPSA) is 95.2 Å². The summed E-state index contributed by atoms with van der Waals surface area (Å²) in [4.78, 5) is 0. The first-order chi connectivity index (χ1) is 14.7. The summed E-state index contributed by atoms with van der Waals surface area (Å²) in [6.45, 7) is 0. The van der Waals surface area contributed by atoms with E-state index in [1.54, 1.807) is 50.3 Å². The van der Waals surface area contributed by atoms with Gasteiger partial charge < -0.3 is 14.2 Å². The van der Waals surface area contributed by atoms with Crippen molar-refractivity contribution in [3.05, 3.63) is 60.2 Å². The van der Waals surface area contributed by atoms with Gasteiger partial charge in [0.25, 0.3) is 0 Å². The monoisotopic (exact) mass is 404 g/mol. The summed E-state index contributed by atoms with van der Waals surface area (Å²) in [6, 6.07) is 17.0. The molecule has 0 spiro atoms. The number of fused-ring (bicyclic) bond motifs is 1. The highest BCUT2D eigenvalue weighted by molar-refractivity contribution is 5.83. The van der Waals surface area contributed by atoms with E-state index in [2.05, 4.69) is 25.8 Å². The molecule has 0 saturated heterocycles. The minimum Gasteiger partial charge on any atom is -0.493 e. The Morgan fingerprint density at radius 3 is 2.30 bits per heavy atom. The number of nitrogens with one attached hydrogen (secondary N) is 1. The van der Waals surface area contributed by atoms with Crippen LogP contribution in [-0.2, 0) is 0 Å². The predicted molar refractivity (Wildman–Crippen MR) is 114 cm³/mol. The zero-order valence-corrected chi connectivity index (χ0v) is 16.7. The number of aromatic nitrogens is 4. The molecule has 9 heteroatoms. The Morgan fingerprint density at radius 1 is 0.900 bits per heavy atom. The maximum absolute atomic E-state index is 5.36. The van der Waals surface area contributed by atoms with Crippen molar-refractivity contribution in [3.8, 4) is 28.6 Å². The molecule has 2 heterocycles. The summed E-state index contributed by atoms with van der Waals surface area (Å²) in [5.41, 5.74) is 5.27. The van der Waals surface area contributed by atoms with Crippen molar-refractivity contribution in [2.24, 2.45) is 5.10 Å². The fourth-order valence-electron chi connectivity index (χ4n) is 2.96. The van der Waals surface area contributed by atoms with Crippen molar-refractivity contribution >= 4 is 17.7 Å². The molecule has 1 N–H and O–H groups in total. The lowest BCUT2D eigenvalue weighted by atomic mass is 10.2. The second-order valence-corrected chi connectivity index (χ2v) is 6.21. The molecule has 0 amide bonds. The maximum Gasteiger partial charge on any atom is 0.203 e. The van der Waals surface area contributed by atoms with Gasteiger partial charge in [0.15, 0.2) is 28.8 Å². The number of anilines is 1. The van der Waals surface area contributed by atoms with Gasteiger partial charge in [-0.15, -0.1) is 15.3 Å². The number of methoxy groups -OCH3 is 3. The molecular formula is C21H20N6O3. The lowest BCUT2D eigenvalue weighted by molar-refractivity contribution is 0.324. The molecule has 0 bridgehead atoms. The Labute approximate surface area is 172 Å². The van der Waals surface area contributed by atoms with E-state index in [0.29, 0.717) is 34.5 Å². The van der Waals surface area contributed by atoms with E-state index >= 15 is 0 Å². The molecule has 2 aromatic heterocycles. The molecule has 0 fully saturated rings. The molecule has 4 rings (SSSR count). The van der Waals surface area contributed by atoms with Gasteiger partial charge in [-0.05, 0) is 24.3 Å². The van der Waals surface area contributed by atoms with Crippen molar-refractivity contribution < 1.29 is 14.2 Å². The molecular weight excluding hydrogens is 384 g/mol. The van der Waals surface area contributed by atoms with Gasteiger partial charge in [-0.25, -0.2) is 0 Å². The average molecular weight is 404 g/mol. The van der Waals surface area contributed by atoms with Gasteiger partial charge in [-0.1, -0.05) is 30.3 Å². The van der Waals surface area contributed by atoms with Crippen molar-refractivity contribution in [1.82, 2.24) is 19.8 Å². The van der Waals surface area contributed by atoms with Crippen LogP contribution in [0.25, 0.3) is 17.0 Å². The Balaban J connectivity index is 1.59. The van der Waals surface area contributed by atoms with Crippen LogP contribution in [0, 0.1) is 0 Å². The fourth-order valence-corrected chi connectivity index (χ4v) is 2.96. The van der Waals surface area contributed by atoms with E-state index in [1.165, 1.54) is 0 Å². The van der Waals surface area contributed by atoms with Crippen LogP contribution < -0.4 is 19.6 Å². The van der Waals surface area contributed by atoms with Crippen molar-refractivity contribution in [3.63, 3.8) is 0 Å². The van der Waals surface area contributed by atoms with Crippen molar-refractivity contribution in [2.75, 3.05) is 26.8 Å². The van der Waals surface area contributed by atoms with E-state index < -0.39 is 0 Å². The number of rotatable bonds is 7. The summed E-state index contributed by atoms with van der Waals surface area (Å²) in [5.74, 6) is 2.83. The number of hydrogen-bond acceptors (Lipinski definition) is 8. The quantitative estimate of drug-likeness (QED) is 0.373. The minimum absolute atomic E-state index is 0.526. The van der Waals surface area contributed by atoms with Gasteiger partial charge in [0.05, 0.1) is 27.5 Å². The molecule has 0 aliphatic heterocycles. The lowest BCUT2D eigenvalue weighted by Gasteiger charge is -2.12. The first kappa shape index (κ1) is 19.2. The molecule has 0 atom stereocenters. The first-order valence-corrected chi connectivity index (χ1v) is 9.10.